The number of primary amides is 1. The van der Waals surface area contributed by atoms with Crippen LogP contribution < -0.4 is 15.2 Å². The fourth-order valence-electron chi connectivity index (χ4n) is 2.95. The molecule has 0 fully saturated rings. The van der Waals surface area contributed by atoms with Gasteiger partial charge in [-0.15, -0.1) is 0 Å². The highest BCUT2D eigenvalue weighted by Crippen LogP contribution is 2.28. The first-order valence-corrected chi connectivity index (χ1v) is 10.2. The smallest absolute Gasteiger partial charge is 0.387 e. The van der Waals surface area contributed by atoms with Crippen LogP contribution in [-0.4, -0.2) is 25.5 Å². The van der Waals surface area contributed by atoms with Gasteiger partial charge in [0, 0.05) is 30.9 Å². The van der Waals surface area contributed by atoms with Gasteiger partial charge in [0.25, 0.3) is 15.9 Å². The van der Waals surface area contributed by atoms with Crippen LogP contribution in [0.3, 0.4) is 0 Å². The van der Waals surface area contributed by atoms with E-state index < -0.39 is 22.5 Å². The quantitative estimate of drug-likeness (QED) is 0.567. The summed E-state index contributed by atoms with van der Waals surface area (Å²) in [6.45, 7) is -3.02. The first-order chi connectivity index (χ1) is 14.2. The largest absolute Gasteiger partial charge is 0.435 e. The molecule has 1 heterocycles. The number of hydrogen-bond donors (Lipinski definition) is 2. The van der Waals surface area contributed by atoms with E-state index in [4.69, 9.17) is 5.73 Å². The van der Waals surface area contributed by atoms with Crippen LogP contribution in [0.25, 0.3) is 0 Å². The van der Waals surface area contributed by atoms with Gasteiger partial charge in [-0.05, 0) is 29.8 Å². The van der Waals surface area contributed by atoms with E-state index in [9.17, 15) is 22.0 Å². The number of halogens is 2. The molecule has 30 heavy (non-hydrogen) atoms. The number of benzene rings is 2. The number of hydrogen-bond acceptors (Lipinski definition) is 4. The molecule has 0 saturated heterocycles. The Morgan fingerprint density at radius 1 is 1.17 bits per heavy atom. The second kappa shape index (κ2) is 8.54. The highest BCUT2D eigenvalue weighted by Gasteiger charge is 2.20. The molecule has 0 aliphatic rings. The summed E-state index contributed by atoms with van der Waals surface area (Å²) < 4.78 is 59.2. The van der Waals surface area contributed by atoms with Crippen molar-refractivity contribution in [1.29, 1.82) is 0 Å². The van der Waals surface area contributed by atoms with Crippen LogP contribution in [0.5, 0.6) is 5.75 Å². The first kappa shape index (κ1) is 21.3. The van der Waals surface area contributed by atoms with E-state index in [1.165, 1.54) is 36.0 Å². The van der Waals surface area contributed by atoms with Crippen molar-refractivity contribution in [3.8, 4) is 5.75 Å². The van der Waals surface area contributed by atoms with Gasteiger partial charge in [0.05, 0.1) is 0 Å². The number of anilines is 1. The molecule has 2 aromatic carbocycles. The minimum Gasteiger partial charge on any atom is -0.435 e. The van der Waals surface area contributed by atoms with E-state index in [2.05, 4.69) is 9.46 Å². The Balaban J connectivity index is 1.92. The summed E-state index contributed by atoms with van der Waals surface area (Å²) in [4.78, 5) is 11.2. The molecule has 0 aliphatic carbocycles. The fraction of sp³-hybridized carbons (Fsp3) is 0.150. The van der Waals surface area contributed by atoms with Crippen LogP contribution in [0.1, 0.15) is 21.6 Å². The highest BCUT2D eigenvalue weighted by atomic mass is 32.2. The molecule has 0 unspecified atom stereocenters. The van der Waals surface area contributed by atoms with E-state index in [0.29, 0.717) is 5.56 Å². The molecule has 3 aromatic rings. The van der Waals surface area contributed by atoms with Gasteiger partial charge in [-0.25, -0.2) is 8.42 Å². The molecule has 158 valence electrons. The van der Waals surface area contributed by atoms with Crippen molar-refractivity contribution in [2.24, 2.45) is 12.8 Å². The van der Waals surface area contributed by atoms with Crippen molar-refractivity contribution in [3.05, 3.63) is 77.6 Å². The van der Waals surface area contributed by atoms with Gasteiger partial charge in [0.15, 0.2) is 0 Å². The Labute approximate surface area is 172 Å². The molecule has 0 radical (unpaired) electrons. The fourth-order valence-corrected chi connectivity index (χ4v) is 4.07. The Kier molecular flexibility index (Phi) is 6.06. The van der Waals surface area contributed by atoms with Crippen LogP contribution in [-0.2, 0) is 23.5 Å². The number of carbonyl (C=O) groups is 1. The first-order valence-electron chi connectivity index (χ1n) is 8.76. The average molecular weight is 435 g/mol. The zero-order chi connectivity index (χ0) is 21.9. The normalized spacial score (nSPS) is 11.5. The summed E-state index contributed by atoms with van der Waals surface area (Å²) >= 11 is 0. The van der Waals surface area contributed by atoms with Crippen molar-refractivity contribution in [2.45, 2.75) is 17.9 Å². The monoisotopic (exact) mass is 435 g/mol. The highest BCUT2D eigenvalue weighted by molar-refractivity contribution is 7.92. The van der Waals surface area contributed by atoms with Gasteiger partial charge < -0.3 is 15.0 Å². The molecule has 0 saturated carbocycles. The number of nitrogens with two attached hydrogens (primary N) is 1. The minimum absolute atomic E-state index is 0.0285. The van der Waals surface area contributed by atoms with Crippen molar-refractivity contribution < 1.29 is 26.7 Å². The predicted octanol–water partition coefficient (Wildman–Crippen LogP) is 3.12. The van der Waals surface area contributed by atoms with Gasteiger partial charge >= 0.3 is 6.61 Å². The van der Waals surface area contributed by atoms with E-state index >= 15 is 0 Å². The van der Waals surface area contributed by atoms with Crippen LogP contribution in [0, 0.1) is 0 Å². The lowest BCUT2D eigenvalue weighted by molar-refractivity contribution is -0.0503. The lowest BCUT2D eigenvalue weighted by atomic mass is 10.0. The summed E-state index contributed by atoms with van der Waals surface area (Å²) in [5.74, 6) is -0.815. The summed E-state index contributed by atoms with van der Waals surface area (Å²) in [5, 5.41) is 0. The predicted molar refractivity (Wildman–Crippen MR) is 107 cm³/mol. The lowest BCUT2D eigenvalue weighted by Gasteiger charge is -2.14. The molecule has 3 rings (SSSR count). The van der Waals surface area contributed by atoms with E-state index in [0.717, 1.165) is 11.6 Å². The van der Waals surface area contributed by atoms with Crippen molar-refractivity contribution in [1.82, 2.24) is 4.57 Å². The van der Waals surface area contributed by atoms with E-state index in [1.54, 1.807) is 12.1 Å². The number of ether oxygens (including phenoxy) is 1. The van der Waals surface area contributed by atoms with Gasteiger partial charge in [0.1, 0.15) is 16.3 Å². The third kappa shape index (κ3) is 4.95. The molecule has 1 amide bonds. The zero-order valence-corrected chi connectivity index (χ0v) is 16.7. The van der Waals surface area contributed by atoms with Crippen LogP contribution >= 0.6 is 0 Å². The Bertz CT molecular complexity index is 1160. The number of nitrogens with one attached hydrogen (secondary N) is 1. The SMILES string of the molecule is Cn1cc(S(=O)(=O)Nc2ccc(OC(F)F)c(Cc3ccccc3)c2)cc1C(N)=O. The van der Waals surface area contributed by atoms with Crippen LogP contribution in [0.15, 0.2) is 65.7 Å². The standard InChI is InChI=1S/C20H19F2N3O4S/c1-25-12-16(11-17(25)19(23)26)30(27,28)24-15-7-8-18(29-20(21)22)14(10-15)9-13-5-3-2-4-6-13/h2-8,10-12,20,24H,9H2,1H3,(H2,23,26). The topological polar surface area (TPSA) is 103 Å². The number of amides is 1. The molecule has 3 N–H and O–H groups in total. The summed E-state index contributed by atoms with van der Waals surface area (Å²) in [7, 11) is -2.55. The molecule has 0 spiro atoms. The maximum Gasteiger partial charge on any atom is 0.387 e. The Morgan fingerprint density at radius 3 is 2.47 bits per heavy atom. The number of aryl methyl sites for hydroxylation is 1. The van der Waals surface area contributed by atoms with Gasteiger partial charge in [-0.1, -0.05) is 30.3 Å². The number of alkyl halides is 2. The molecule has 7 nitrogen and oxygen atoms in total. The number of sulfonamides is 1. The molecule has 0 bridgehead atoms. The van der Waals surface area contributed by atoms with Gasteiger partial charge in [-0.3, -0.25) is 9.52 Å². The second-order valence-electron chi connectivity index (χ2n) is 6.51. The van der Waals surface area contributed by atoms with Crippen molar-refractivity contribution in [3.63, 3.8) is 0 Å². The Hall–Kier alpha value is -3.40. The van der Waals surface area contributed by atoms with Gasteiger partial charge in [0.2, 0.25) is 0 Å². The number of carbonyl (C=O) groups excluding carboxylic acids is 1. The van der Waals surface area contributed by atoms with Crippen molar-refractivity contribution in [2.75, 3.05) is 4.72 Å². The Morgan fingerprint density at radius 2 is 1.87 bits per heavy atom. The van der Waals surface area contributed by atoms with Crippen LogP contribution in [0.2, 0.25) is 0 Å². The minimum atomic E-state index is -4.04. The van der Waals surface area contributed by atoms with E-state index in [1.807, 2.05) is 18.2 Å². The van der Waals surface area contributed by atoms with Crippen LogP contribution in [0.4, 0.5) is 14.5 Å². The molecule has 0 aliphatic heterocycles. The molecule has 1 aromatic heterocycles. The average Bonchev–Trinajstić information content (AvgIpc) is 3.07. The molecule has 10 heteroatoms. The maximum absolute atomic E-state index is 12.8. The third-order valence-corrected chi connectivity index (χ3v) is 5.66. The van der Waals surface area contributed by atoms with Gasteiger partial charge in [-0.2, -0.15) is 8.78 Å². The summed E-state index contributed by atoms with van der Waals surface area (Å²) in [6, 6.07) is 14.3. The van der Waals surface area contributed by atoms with E-state index in [-0.39, 0.29) is 28.4 Å². The number of aromatic nitrogens is 1. The third-order valence-electron chi connectivity index (χ3n) is 4.31. The zero-order valence-electron chi connectivity index (χ0n) is 15.9. The lowest BCUT2D eigenvalue weighted by Crippen LogP contribution is -2.14. The number of nitrogens with zero attached hydrogens (tertiary/aromatic N) is 1. The molecular formula is C20H19F2N3O4S. The molecule has 0 atom stereocenters. The maximum atomic E-state index is 12.8. The molecular weight excluding hydrogens is 416 g/mol. The summed E-state index contributed by atoms with van der Waals surface area (Å²) in [5.41, 5.74) is 6.63. The second-order valence-corrected chi connectivity index (χ2v) is 8.19. The van der Waals surface area contributed by atoms with Crippen molar-refractivity contribution >= 4 is 21.6 Å². The number of rotatable bonds is 8. The summed E-state index contributed by atoms with van der Waals surface area (Å²) in [6.07, 6.45) is 1.51.